The molecule has 1 aliphatic rings. The van der Waals surface area contributed by atoms with E-state index in [1.165, 1.54) is 6.20 Å². The summed E-state index contributed by atoms with van der Waals surface area (Å²) in [4.78, 5) is 12.1. The number of amides is 1. The fourth-order valence-corrected chi connectivity index (χ4v) is 2.66. The average molecular weight is 323 g/mol. The van der Waals surface area contributed by atoms with E-state index < -0.39 is 0 Å². The van der Waals surface area contributed by atoms with Crippen molar-refractivity contribution in [2.45, 2.75) is 25.7 Å². The molecule has 3 N–H and O–H groups in total. The molecule has 0 spiro atoms. The molecule has 0 bridgehead atoms. The lowest BCUT2D eigenvalue weighted by molar-refractivity contribution is -0.119. The van der Waals surface area contributed by atoms with Gasteiger partial charge in [0.25, 0.3) is 0 Å². The number of H-pyrrole nitrogens is 1. The first-order chi connectivity index (χ1) is 11.8. The lowest BCUT2D eigenvalue weighted by Gasteiger charge is -2.10. The van der Waals surface area contributed by atoms with E-state index in [0.717, 1.165) is 37.1 Å². The van der Waals surface area contributed by atoms with Crippen molar-refractivity contribution in [3.05, 3.63) is 36.3 Å². The van der Waals surface area contributed by atoms with Gasteiger partial charge < -0.3 is 10.6 Å². The Morgan fingerprint density at radius 2 is 1.96 bits per heavy atom. The van der Waals surface area contributed by atoms with E-state index in [4.69, 9.17) is 5.26 Å². The zero-order chi connectivity index (χ0) is 16.8. The number of tetrazole rings is 1. The van der Waals surface area contributed by atoms with Gasteiger partial charge in [0.2, 0.25) is 11.7 Å². The largest absolute Gasteiger partial charge is 0.360 e. The van der Waals surface area contributed by atoms with E-state index in [9.17, 15) is 4.79 Å². The third-order valence-electron chi connectivity index (χ3n) is 3.97. The molecule has 122 valence electrons. The maximum Gasteiger partial charge on any atom is 0.227 e. The van der Waals surface area contributed by atoms with Crippen LogP contribution in [0.2, 0.25) is 0 Å². The lowest BCUT2D eigenvalue weighted by Crippen LogP contribution is -2.20. The number of carbonyl (C=O) groups excluding carboxylic acids is 1. The van der Waals surface area contributed by atoms with Gasteiger partial charge >= 0.3 is 0 Å². The van der Waals surface area contributed by atoms with Gasteiger partial charge in [-0.05, 0) is 42.3 Å². The molecule has 0 aliphatic heterocycles. The molecule has 1 aliphatic carbocycles. The molecule has 0 radical (unpaired) electrons. The zero-order valence-electron chi connectivity index (χ0n) is 13.0. The van der Waals surface area contributed by atoms with E-state index in [0.29, 0.717) is 0 Å². The van der Waals surface area contributed by atoms with Crippen molar-refractivity contribution in [2.75, 3.05) is 10.6 Å². The summed E-state index contributed by atoms with van der Waals surface area (Å²) in [5.74, 6) is 0.460. The molecule has 8 heteroatoms. The van der Waals surface area contributed by atoms with Crippen LogP contribution in [0.1, 0.15) is 31.5 Å². The Kier molecular flexibility index (Phi) is 4.81. The van der Waals surface area contributed by atoms with Gasteiger partial charge in [0, 0.05) is 23.5 Å². The summed E-state index contributed by atoms with van der Waals surface area (Å²) in [5, 5.41) is 28.3. The van der Waals surface area contributed by atoms with Crippen molar-refractivity contribution in [1.29, 1.82) is 5.26 Å². The minimum atomic E-state index is 0.0944. The fourth-order valence-electron chi connectivity index (χ4n) is 2.66. The topological polar surface area (TPSA) is 119 Å². The van der Waals surface area contributed by atoms with Gasteiger partial charge in [-0.1, -0.05) is 12.8 Å². The number of nitrogens with zero attached hydrogens (tertiary/aromatic N) is 4. The van der Waals surface area contributed by atoms with Crippen LogP contribution < -0.4 is 10.6 Å². The lowest BCUT2D eigenvalue weighted by atomic mass is 10.1. The van der Waals surface area contributed by atoms with Gasteiger partial charge in [-0.25, -0.2) is 0 Å². The summed E-state index contributed by atoms with van der Waals surface area (Å²) >= 11 is 0. The molecule has 3 rings (SSSR count). The van der Waals surface area contributed by atoms with Crippen LogP contribution >= 0.6 is 0 Å². The van der Waals surface area contributed by atoms with Crippen molar-refractivity contribution in [3.8, 4) is 6.07 Å². The third kappa shape index (κ3) is 3.76. The van der Waals surface area contributed by atoms with E-state index >= 15 is 0 Å². The van der Waals surface area contributed by atoms with Crippen LogP contribution in [-0.4, -0.2) is 26.5 Å². The molecule has 1 aromatic carbocycles. The second-order valence-electron chi connectivity index (χ2n) is 5.60. The number of hydrogen-bond donors (Lipinski definition) is 3. The van der Waals surface area contributed by atoms with Crippen LogP contribution in [0, 0.1) is 17.2 Å². The van der Waals surface area contributed by atoms with Gasteiger partial charge in [0.1, 0.15) is 11.6 Å². The Labute approximate surface area is 139 Å². The Bertz CT molecular complexity index is 753. The number of nitriles is 1. The summed E-state index contributed by atoms with van der Waals surface area (Å²) in [7, 11) is 0. The number of anilines is 2. The Morgan fingerprint density at radius 3 is 2.58 bits per heavy atom. The Morgan fingerprint density at radius 1 is 1.25 bits per heavy atom. The number of benzene rings is 1. The predicted octanol–water partition coefficient (Wildman–Crippen LogP) is 2.30. The molecular formula is C16H17N7O. The van der Waals surface area contributed by atoms with Gasteiger partial charge in [-0.3, -0.25) is 4.79 Å². The van der Waals surface area contributed by atoms with E-state index in [2.05, 4.69) is 31.3 Å². The van der Waals surface area contributed by atoms with Gasteiger partial charge in [-0.2, -0.15) is 10.5 Å². The quantitative estimate of drug-likeness (QED) is 0.726. The van der Waals surface area contributed by atoms with Crippen LogP contribution in [0.3, 0.4) is 0 Å². The first-order valence-electron chi connectivity index (χ1n) is 7.78. The SMILES string of the molecule is N#CC(=CNc1ccc(NC(=O)C2CCCC2)cc1)c1nn[nH]n1. The molecule has 0 atom stereocenters. The number of carbonyl (C=O) groups is 1. The maximum atomic E-state index is 12.1. The van der Waals surface area contributed by atoms with Gasteiger partial charge in [-0.15, -0.1) is 10.2 Å². The average Bonchev–Trinajstić information content (AvgIpc) is 3.31. The van der Waals surface area contributed by atoms with Crippen LogP contribution in [0.25, 0.3) is 5.57 Å². The summed E-state index contributed by atoms with van der Waals surface area (Å²) in [6.07, 6.45) is 5.73. The molecule has 1 amide bonds. The number of nitrogens with one attached hydrogen (secondary N) is 3. The monoisotopic (exact) mass is 323 g/mol. The molecule has 0 unspecified atom stereocenters. The summed E-state index contributed by atoms with van der Waals surface area (Å²) in [6.45, 7) is 0. The van der Waals surface area contributed by atoms with E-state index in [-0.39, 0.29) is 23.2 Å². The molecule has 8 nitrogen and oxygen atoms in total. The fraction of sp³-hybridized carbons (Fsp3) is 0.312. The summed E-state index contributed by atoms with van der Waals surface area (Å²) < 4.78 is 0. The molecule has 1 saturated carbocycles. The first kappa shape index (κ1) is 15.7. The van der Waals surface area contributed by atoms with E-state index in [1.807, 2.05) is 30.3 Å². The zero-order valence-corrected chi connectivity index (χ0v) is 13.0. The standard InChI is InChI=1S/C16H17N7O/c17-9-12(15-20-22-23-21-15)10-18-13-5-7-14(8-6-13)19-16(24)11-3-1-2-4-11/h5-8,10-11,18H,1-4H2,(H,19,24)(H,20,21,22,23). The number of aromatic nitrogens is 4. The first-order valence-corrected chi connectivity index (χ1v) is 7.78. The number of hydrogen-bond acceptors (Lipinski definition) is 6. The number of allylic oxidation sites excluding steroid dienone is 1. The molecule has 2 aromatic rings. The summed E-state index contributed by atoms with van der Waals surface area (Å²) in [5.41, 5.74) is 1.81. The minimum absolute atomic E-state index is 0.0944. The molecular weight excluding hydrogens is 306 g/mol. The van der Waals surface area contributed by atoms with Crippen LogP contribution in [0.4, 0.5) is 11.4 Å². The number of rotatable bonds is 5. The van der Waals surface area contributed by atoms with Crippen LogP contribution in [0.15, 0.2) is 30.5 Å². The second-order valence-corrected chi connectivity index (χ2v) is 5.60. The van der Waals surface area contributed by atoms with Gasteiger partial charge in [0.15, 0.2) is 0 Å². The van der Waals surface area contributed by atoms with Crippen LogP contribution in [-0.2, 0) is 4.79 Å². The normalized spacial score (nSPS) is 15.0. The van der Waals surface area contributed by atoms with Crippen molar-refractivity contribution in [1.82, 2.24) is 20.6 Å². The molecule has 1 aromatic heterocycles. The number of aromatic amines is 1. The van der Waals surface area contributed by atoms with Crippen molar-refractivity contribution in [3.63, 3.8) is 0 Å². The van der Waals surface area contributed by atoms with Crippen molar-refractivity contribution >= 4 is 22.9 Å². The Balaban J connectivity index is 1.60. The highest BCUT2D eigenvalue weighted by atomic mass is 16.1. The molecule has 1 heterocycles. The van der Waals surface area contributed by atoms with Crippen LogP contribution in [0.5, 0.6) is 0 Å². The smallest absolute Gasteiger partial charge is 0.227 e. The maximum absolute atomic E-state index is 12.1. The predicted molar refractivity (Wildman–Crippen MR) is 88.4 cm³/mol. The van der Waals surface area contributed by atoms with E-state index in [1.54, 1.807) is 0 Å². The highest BCUT2D eigenvalue weighted by Gasteiger charge is 2.22. The molecule has 24 heavy (non-hydrogen) atoms. The van der Waals surface area contributed by atoms with Crippen molar-refractivity contribution < 1.29 is 4.79 Å². The molecule has 0 saturated heterocycles. The summed E-state index contributed by atoms with van der Waals surface area (Å²) in [6, 6.07) is 9.30. The second kappa shape index (κ2) is 7.37. The molecule has 1 fully saturated rings. The van der Waals surface area contributed by atoms with Crippen molar-refractivity contribution in [2.24, 2.45) is 5.92 Å². The third-order valence-corrected chi connectivity index (χ3v) is 3.97. The Hall–Kier alpha value is -3.21. The highest BCUT2D eigenvalue weighted by molar-refractivity contribution is 5.92. The highest BCUT2D eigenvalue weighted by Crippen LogP contribution is 2.26. The minimum Gasteiger partial charge on any atom is -0.360 e. The van der Waals surface area contributed by atoms with Gasteiger partial charge in [0.05, 0.1) is 0 Å².